The molecule has 0 aliphatic heterocycles. The average molecular weight is 254 g/mol. The lowest BCUT2D eigenvalue weighted by atomic mass is 10.1. The molecule has 1 aromatic carbocycles. The van der Waals surface area contributed by atoms with Gasteiger partial charge in [-0.15, -0.1) is 0 Å². The van der Waals surface area contributed by atoms with Crippen LogP contribution in [0.3, 0.4) is 0 Å². The first kappa shape index (κ1) is 11.4. The molecule has 0 aliphatic carbocycles. The minimum Gasteiger partial charge on any atom is -0.465 e. The normalized spacial score (nSPS) is 10.8. The van der Waals surface area contributed by atoms with Gasteiger partial charge in [-0.05, 0) is 24.3 Å². The monoisotopic (exact) mass is 254 g/mol. The number of aromatic amines is 1. The van der Waals surface area contributed by atoms with Crippen LogP contribution in [0.25, 0.3) is 21.8 Å². The van der Waals surface area contributed by atoms with Crippen LogP contribution < -0.4 is 5.43 Å². The number of carbonyl (C=O) groups excluding carboxylic acids is 1. The van der Waals surface area contributed by atoms with Crippen molar-refractivity contribution >= 4 is 27.8 Å². The topological polar surface area (TPSA) is 72.0 Å². The third kappa shape index (κ3) is 1.67. The molecule has 2 aromatic heterocycles. The van der Waals surface area contributed by atoms with E-state index in [4.69, 9.17) is 0 Å². The number of ether oxygens (including phenoxy) is 1. The van der Waals surface area contributed by atoms with Gasteiger partial charge in [0.1, 0.15) is 5.56 Å². The fourth-order valence-electron chi connectivity index (χ4n) is 2.10. The van der Waals surface area contributed by atoms with Crippen LogP contribution in [0.4, 0.5) is 0 Å². The highest BCUT2D eigenvalue weighted by Crippen LogP contribution is 2.20. The van der Waals surface area contributed by atoms with E-state index in [9.17, 15) is 9.59 Å². The number of aromatic nitrogens is 2. The molecule has 1 N–H and O–H groups in total. The smallest absolute Gasteiger partial charge is 0.343 e. The summed E-state index contributed by atoms with van der Waals surface area (Å²) >= 11 is 0. The van der Waals surface area contributed by atoms with Crippen molar-refractivity contribution < 1.29 is 9.53 Å². The molecule has 5 nitrogen and oxygen atoms in total. The van der Waals surface area contributed by atoms with E-state index in [1.165, 1.54) is 13.3 Å². The van der Waals surface area contributed by atoms with Crippen molar-refractivity contribution in [1.29, 1.82) is 0 Å². The van der Waals surface area contributed by atoms with Crippen LogP contribution in [0, 0.1) is 0 Å². The molecule has 0 atom stereocenters. The number of rotatable bonds is 1. The van der Waals surface area contributed by atoms with Gasteiger partial charge in [0.2, 0.25) is 5.43 Å². The second kappa shape index (κ2) is 4.20. The van der Waals surface area contributed by atoms with Crippen LogP contribution in [-0.2, 0) is 4.74 Å². The first-order chi connectivity index (χ1) is 9.22. The molecule has 0 unspecified atom stereocenters. The van der Waals surface area contributed by atoms with Crippen molar-refractivity contribution in [1.82, 2.24) is 9.97 Å². The third-order valence-corrected chi connectivity index (χ3v) is 3.03. The fraction of sp³-hybridized carbons (Fsp3) is 0.0714. The van der Waals surface area contributed by atoms with Gasteiger partial charge >= 0.3 is 5.97 Å². The van der Waals surface area contributed by atoms with Gasteiger partial charge in [-0.3, -0.25) is 9.78 Å². The molecular weight excluding hydrogens is 244 g/mol. The largest absolute Gasteiger partial charge is 0.465 e. The molecule has 0 radical (unpaired) electrons. The number of nitrogens with zero attached hydrogens (tertiary/aromatic N) is 1. The average Bonchev–Trinajstić information content (AvgIpc) is 2.46. The van der Waals surface area contributed by atoms with Gasteiger partial charge in [0.25, 0.3) is 0 Å². The van der Waals surface area contributed by atoms with Crippen molar-refractivity contribution in [2.45, 2.75) is 0 Å². The summed E-state index contributed by atoms with van der Waals surface area (Å²) in [7, 11) is 1.24. The molecule has 0 saturated carbocycles. The lowest BCUT2D eigenvalue weighted by Gasteiger charge is -2.04. The Bertz CT molecular complexity index is 852. The second-order valence-electron chi connectivity index (χ2n) is 4.09. The van der Waals surface area contributed by atoms with Gasteiger partial charge in [0.05, 0.1) is 12.6 Å². The zero-order chi connectivity index (χ0) is 13.4. The van der Waals surface area contributed by atoms with Crippen LogP contribution in [0.5, 0.6) is 0 Å². The van der Waals surface area contributed by atoms with E-state index in [0.717, 1.165) is 10.9 Å². The number of methoxy groups -OCH3 is 1. The number of esters is 1. The summed E-state index contributed by atoms with van der Waals surface area (Å²) in [5.74, 6) is -0.667. The van der Waals surface area contributed by atoms with Crippen LogP contribution in [-0.4, -0.2) is 23.0 Å². The minimum atomic E-state index is -0.667. The maximum atomic E-state index is 12.2. The van der Waals surface area contributed by atoms with Crippen LogP contribution in [0.1, 0.15) is 10.4 Å². The predicted molar refractivity (Wildman–Crippen MR) is 71.2 cm³/mol. The van der Waals surface area contributed by atoms with Gasteiger partial charge in [0, 0.05) is 28.7 Å². The van der Waals surface area contributed by atoms with Gasteiger partial charge in [-0.1, -0.05) is 0 Å². The number of nitrogens with one attached hydrogen (secondary N) is 1. The molecule has 0 fully saturated rings. The lowest BCUT2D eigenvalue weighted by molar-refractivity contribution is 0.0599. The summed E-state index contributed by atoms with van der Waals surface area (Å²) in [4.78, 5) is 31.0. The molecule has 5 heteroatoms. The van der Waals surface area contributed by atoms with Crippen LogP contribution >= 0.6 is 0 Å². The lowest BCUT2D eigenvalue weighted by Crippen LogP contribution is -2.17. The Hall–Kier alpha value is -2.69. The second-order valence-corrected chi connectivity index (χ2v) is 4.09. The molecule has 0 spiro atoms. The van der Waals surface area contributed by atoms with Crippen molar-refractivity contribution in [2.75, 3.05) is 7.11 Å². The van der Waals surface area contributed by atoms with Crippen molar-refractivity contribution in [3.05, 3.63) is 52.4 Å². The molecule has 0 aliphatic rings. The molecular formula is C14H10N2O3. The van der Waals surface area contributed by atoms with E-state index in [1.54, 1.807) is 18.3 Å². The van der Waals surface area contributed by atoms with Gasteiger partial charge < -0.3 is 9.72 Å². The first-order valence-corrected chi connectivity index (χ1v) is 5.70. The summed E-state index contributed by atoms with van der Waals surface area (Å²) in [6, 6.07) is 7.16. The van der Waals surface area contributed by atoms with Crippen LogP contribution in [0.15, 0.2) is 41.5 Å². The molecule has 0 bridgehead atoms. The zero-order valence-electron chi connectivity index (χ0n) is 10.1. The van der Waals surface area contributed by atoms with Gasteiger partial charge in [-0.25, -0.2) is 4.79 Å². The highest BCUT2D eigenvalue weighted by molar-refractivity contribution is 6.05. The Labute approximate surface area is 107 Å². The minimum absolute atomic E-state index is 0.0470. The van der Waals surface area contributed by atoms with Crippen molar-refractivity contribution in [3.63, 3.8) is 0 Å². The molecule has 3 aromatic rings. The summed E-state index contributed by atoms with van der Waals surface area (Å²) in [6.07, 6.45) is 3.07. The summed E-state index contributed by atoms with van der Waals surface area (Å²) in [5, 5.41) is 1.25. The fourth-order valence-corrected chi connectivity index (χ4v) is 2.10. The van der Waals surface area contributed by atoms with Gasteiger partial charge in [0.15, 0.2) is 0 Å². The Balaban J connectivity index is 2.43. The number of hydrogen-bond donors (Lipinski definition) is 1. The highest BCUT2D eigenvalue weighted by atomic mass is 16.5. The van der Waals surface area contributed by atoms with E-state index in [2.05, 4.69) is 14.7 Å². The molecule has 2 heterocycles. The Morgan fingerprint density at radius 2 is 2.11 bits per heavy atom. The Morgan fingerprint density at radius 1 is 1.26 bits per heavy atom. The summed E-state index contributed by atoms with van der Waals surface area (Å²) in [6.45, 7) is 0. The Kier molecular flexibility index (Phi) is 2.52. The quantitative estimate of drug-likeness (QED) is 0.531. The molecule has 3 rings (SSSR count). The third-order valence-electron chi connectivity index (χ3n) is 3.03. The van der Waals surface area contributed by atoms with E-state index >= 15 is 0 Å². The SMILES string of the molecule is COC(=O)c1cnc2c(ccc3[nH]cccc32)c1=O. The molecule has 94 valence electrons. The van der Waals surface area contributed by atoms with E-state index in [1.807, 2.05) is 12.1 Å². The van der Waals surface area contributed by atoms with E-state index in [0.29, 0.717) is 10.9 Å². The van der Waals surface area contributed by atoms with Gasteiger partial charge in [-0.2, -0.15) is 0 Å². The number of H-pyrrole nitrogens is 1. The highest BCUT2D eigenvalue weighted by Gasteiger charge is 2.14. The van der Waals surface area contributed by atoms with Crippen molar-refractivity contribution in [3.8, 4) is 0 Å². The maximum absolute atomic E-state index is 12.2. The molecule has 0 saturated heterocycles. The summed E-state index contributed by atoms with van der Waals surface area (Å²) in [5.41, 5.74) is 1.05. The van der Waals surface area contributed by atoms with E-state index < -0.39 is 5.97 Å². The number of fused-ring (bicyclic) bond motifs is 3. The molecule has 19 heavy (non-hydrogen) atoms. The maximum Gasteiger partial charge on any atom is 0.343 e. The number of pyridine rings is 2. The number of benzene rings is 1. The van der Waals surface area contributed by atoms with E-state index in [-0.39, 0.29) is 11.0 Å². The van der Waals surface area contributed by atoms with Crippen molar-refractivity contribution in [2.24, 2.45) is 0 Å². The standard InChI is InChI=1S/C14H10N2O3/c1-19-14(18)10-7-16-12-8-3-2-6-15-11(8)5-4-9(12)13(10)17/h2-7,15H,1H3. The number of carbonyl (C=O) groups is 1. The zero-order valence-corrected chi connectivity index (χ0v) is 10.1. The number of hydrogen-bond acceptors (Lipinski definition) is 4. The Morgan fingerprint density at radius 3 is 2.89 bits per heavy atom. The van der Waals surface area contributed by atoms with Crippen LogP contribution in [0.2, 0.25) is 0 Å². The first-order valence-electron chi connectivity index (χ1n) is 5.70. The molecule has 0 amide bonds. The summed E-state index contributed by atoms with van der Waals surface area (Å²) < 4.78 is 4.57. The predicted octanol–water partition coefficient (Wildman–Crippen LogP) is 1.86.